The first kappa shape index (κ1) is 18.6. The van der Waals surface area contributed by atoms with Crippen LogP contribution in [0.1, 0.15) is 37.7 Å². The molecule has 0 saturated heterocycles. The van der Waals surface area contributed by atoms with Gasteiger partial charge in [0.25, 0.3) is 0 Å². The van der Waals surface area contributed by atoms with Crippen LogP contribution < -0.4 is 15.4 Å². The SMILES string of the molecule is CN=C(NCCCOC1CCCC1)NCCOc1ccc(C)cc1. The van der Waals surface area contributed by atoms with Gasteiger partial charge in [0, 0.05) is 20.2 Å². The van der Waals surface area contributed by atoms with E-state index >= 15 is 0 Å². The van der Waals surface area contributed by atoms with Gasteiger partial charge in [-0.1, -0.05) is 30.5 Å². The quantitative estimate of drug-likeness (QED) is 0.414. The number of ether oxygens (including phenoxy) is 2. The molecule has 0 bridgehead atoms. The lowest BCUT2D eigenvalue weighted by molar-refractivity contribution is 0.0574. The summed E-state index contributed by atoms with van der Waals surface area (Å²) in [6.45, 7) is 5.08. The summed E-state index contributed by atoms with van der Waals surface area (Å²) in [6.07, 6.45) is 6.61. The first-order chi connectivity index (χ1) is 11.8. The van der Waals surface area contributed by atoms with E-state index in [9.17, 15) is 0 Å². The van der Waals surface area contributed by atoms with Crippen molar-refractivity contribution in [2.75, 3.05) is 33.4 Å². The highest BCUT2D eigenvalue weighted by atomic mass is 16.5. The van der Waals surface area contributed by atoms with Gasteiger partial charge in [-0.05, 0) is 38.3 Å². The second kappa shape index (κ2) is 10.9. The van der Waals surface area contributed by atoms with Gasteiger partial charge in [-0.15, -0.1) is 0 Å². The molecular weight excluding hydrogens is 302 g/mol. The van der Waals surface area contributed by atoms with Crippen LogP contribution in [0.2, 0.25) is 0 Å². The fourth-order valence-corrected chi connectivity index (χ4v) is 2.78. The Hall–Kier alpha value is -1.75. The molecule has 0 aliphatic heterocycles. The molecule has 24 heavy (non-hydrogen) atoms. The van der Waals surface area contributed by atoms with E-state index in [0.29, 0.717) is 19.3 Å². The third kappa shape index (κ3) is 7.21. The van der Waals surface area contributed by atoms with Crippen LogP contribution in [0.25, 0.3) is 0 Å². The van der Waals surface area contributed by atoms with Crippen molar-refractivity contribution in [1.29, 1.82) is 0 Å². The number of guanidine groups is 1. The van der Waals surface area contributed by atoms with Crippen molar-refractivity contribution < 1.29 is 9.47 Å². The van der Waals surface area contributed by atoms with E-state index in [-0.39, 0.29) is 0 Å². The Morgan fingerprint density at radius 3 is 2.50 bits per heavy atom. The van der Waals surface area contributed by atoms with Crippen molar-refractivity contribution in [3.8, 4) is 5.75 Å². The number of nitrogens with one attached hydrogen (secondary N) is 2. The lowest BCUT2D eigenvalue weighted by Crippen LogP contribution is -2.40. The van der Waals surface area contributed by atoms with Gasteiger partial charge in [-0.3, -0.25) is 4.99 Å². The van der Waals surface area contributed by atoms with Crippen LogP contribution in [0, 0.1) is 6.92 Å². The van der Waals surface area contributed by atoms with E-state index in [1.54, 1.807) is 7.05 Å². The normalized spacial score (nSPS) is 15.5. The molecule has 0 heterocycles. The molecule has 1 fully saturated rings. The van der Waals surface area contributed by atoms with Crippen molar-refractivity contribution in [2.24, 2.45) is 4.99 Å². The Balaban J connectivity index is 1.49. The van der Waals surface area contributed by atoms with E-state index in [1.165, 1.54) is 31.2 Å². The molecule has 0 spiro atoms. The van der Waals surface area contributed by atoms with Crippen molar-refractivity contribution in [3.05, 3.63) is 29.8 Å². The predicted octanol–water partition coefficient (Wildman–Crippen LogP) is 2.89. The smallest absolute Gasteiger partial charge is 0.191 e. The molecule has 0 aromatic heterocycles. The molecular formula is C19H31N3O2. The molecule has 0 unspecified atom stereocenters. The first-order valence-electron chi connectivity index (χ1n) is 9.03. The van der Waals surface area contributed by atoms with Gasteiger partial charge in [0.15, 0.2) is 5.96 Å². The lowest BCUT2D eigenvalue weighted by atomic mass is 10.2. The number of nitrogens with zero attached hydrogens (tertiary/aromatic N) is 1. The zero-order valence-electron chi connectivity index (χ0n) is 15.0. The molecule has 5 heteroatoms. The number of benzene rings is 1. The van der Waals surface area contributed by atoms with Crippen LogP contribution in [0.4, 0.5) is 0 Å². The Morgan fingerprint density at radius 2 is 1.79 bits per heavy atom. The van der Waals surface area contributed by atoms with Crippen LogP contribution in [0.3, 0.4) is 0 Å². The molecule has 2 rings (SSSR count). The molecule has 1 aromatic rings. The van der Waals surface area contributed by atoms with Gasteiger partial charge in [-0.25, -0.2) is 0 Å². The van der Waals surface area contributed by atoms with E-state index < -0.39 is 0 Å². The van der Waals surface area contributed by atoms with E-state index in [2.05, 4.69) is 34.7 Å². The van der Waals surface area contributed by atoms with Crippen LogP contribution in [0.15, 0.2) is 29.3 Å². The van der Waals surface area contributed by atoms with Gasteiger partial charge >= 0.3 is 0 Å². The van der Waals surface area contributed by atoms with Gasteiger partial charge in [0.05, 0.1) is 12.6 Å². The van der Waals surface area contributed by atoms with Crippen LogP contribution in [-0.2, 0) is 4.74 Å². The number of hydrogen-bond donors (Lipinski definition) is 2. The van der Waals surface area contributed by atoms with Gasteiger partial charge in [0.2, 0.25) is 0 Å². The average molecular weight is 333 g/mol. The Morgan fingerprint density at radius 1 is 1.08 bits per heavy atom. The number of aryl methyl sites for hydroxylation is 1. The fourth-order valence-electron chi connectivity index (χ4n) is 2.78. The van der Waals surface area contributed by atoms with E-state index in [0.717, 1.165) is 31.3 Å². The first-order valence-corrected chi connectivity index (χ1v) is 9.03. The molecule has 1 aliphatic rings. The van der Waals surface area contributed by atoms with Gasteiger partial charge < -0.3 is 20.1 Å². The van der Waals surface area contributed by atoms with E-state index in [4.69, 9.17) is 9.47 Å². The largest absolute Gasteiger partial charge is 0.492 e. The topological polar surface area (TPSA) is 54.9 Å². The summed E-state index contributed by atoms with van der Waals surface area (Å²) in [4.78, 5) is 4.22. The third-order valence-corrected chi connectivity index (χ3v) is 4.18. The Labute approximate surface area is 145 Å². The molecule has 2 N–H and O–H groups in total. The highest BCUT2D eigenvalue weighted by molar-refractivity contribution is 5.79. The maximum absolute atomic E-state index is 5.85. The minimum Gasteiger partial charge on any atom is -0.492 e. The second-order valence-electron chi connectivity index (χ2n) is 6.22. The molecule has 1 aliphatic carbocycles. The van der Waals surface area contributed by atoms with Crippen LogP contribution in [0.5, 0.6) is 5.75 Å². The molecule has 0 radical (unpaired) electrons. The van der Waals surface area contributed by atoms with E-state index in [1.807, 2.05) is 12.1 Å². The minimum absolute atomic E-state index is 0.501. The predicted molar refractivity (Wildman–Crippen MR) is 98.9 cm³/mol. The summed E-state index contributed by atoms with van der Waals surface area (Å²) in [6, 6.07) is 8.09. The maximum atomic E-state index is 5.85. The maximum Gasteiger partial charge on any atom is 0.191 e. The fraction of sp³-hybridized carbons (Fsp3) is 0.632. The highest BCUT2D eigenvalue weighted by Crippen LogP contribution is 2.20. The van der Waals surface area contributed by atoms with Crippen molar-refractivity contribution >= 4 is 5.96 Å². The summed E-state index contributed by atoms with van der Waals surface area (Å²) >= 11 is 0. The van der Waals surface area contributed by atoms with Crippen molar-refractivity contribution in [2.45, 2.75) is 45.1 Å². The lowest BCUT2D eigenvalue weighted by Gasteiger charge is -2.14. The number of hydrogen-bond acceptors (Lipinski definition) is 3. The molecule has 1 aromatic carbocycles. The zero-order valence-corrected chi connectivity index (χ0v) is 15.0. The van der Waals surface area contributed by atoms with Gasteiger partial charge in [-0.2, -0.15) is 0 Å². The van der Waals surface area contributed by atoms with Crippen molar-refractivity contribution in [1.82, 2.24) is 10.6 Å². The summed E-state index contributed by atoms with van der Waals surface area (Å²) < 4.78 is 11.5. The Bertz CT molecular complexity index is 482. The third-order valence-electron chi connectivity index (χ3n) is 4.18. The van der Waals surface area contributed by atoms with Crippen LogP contribution >= 0.6 is 0 Å². The minimum atomic E-state index is 0.501. The Kier molecular flexibility index (Phi) is 8.46. The molecule has 1 saturated carbocycles. The molecule has 0 atom stereocenters. The monoisotopic (exact) mass is 333 g/mol. The number of aliphatic imine (C=N–C) groups is 1. The summed E-state index contributed by atoms with van der Waals surface area (Å²) in [7, 11) is 1.78. The summed E-state index contributed by atoms with van der Waals surface area (Å²) in [5.74, 6) is 1.71. The molecule has 5 nitrogen and oxygen atoms in total. The highest BCUT2D eigenvalue weighted by Gasteiger charge is 2.14. The average Bonchev–Trinajstić information content (AvgIpc) is 3.11. The summed E-state index contributed by atoms with van der Waals surface area (Å²) in [5, 5.41) is 6.56. The summed E-state index contributed by atoms with van der Waals surface area (Å²) in [5.41, 5.74) is 1.24. The molecule has 134 valence electrons. The zero-order chi connectivity index (χ0) is 17.0. The molecule has 0 amide bonds. The standard InChI is InChI=1S/C19H31N3O2/c1-16-8-10-18(11-9-16)24-15-13-22-19(20-2)21-12-5-14-23-17-6-3-4-7-17/h8-11,17H,3-7,12-15H2,1-2H3,(H2,20,21,22). The number of rotatable bonds is 9. The van der Waals surface area contributed by atoms with Crippen LogP contribution in [-0.4, -0.2) is 45.4 Å². The van der Waals surface area contributed by atoms with Crippen molar-refractivity contribution in [3.63, 3.8) is 0 Å². The second-order valence-corrected chi connectivity index (χ2v) is 6.22. The van der Waals surface area contributed by atoms with Gasteiger partial charge in [0.1, 0.15) is 12.4 Å².